The molecule has 2 fully saturated rings. The van der Waals surface area contributed by atoms with E-state index in [9.17, 15) is 14.4 Å². The number of nitrogens with zero attached hydrogens (tertiary/aromatic N) is 4. The van der Waals surface area contributed by atoms with Gasteiger partial charge in [-0.15, -0.1) is 0 Å². The van der Waals surface area contributed by atoms with E-state index in [1.807, 2.05) is 7.05 Å². The molecule has 3 aliphatic heterocycles. The van der Waals surface area contributed by atoms with Crippen LogP contribution in [0.4, 0.5) is 14.0 Å². The van der Waals surface area contributed by atoms with Gasteiger partial charge < -0.3 is 33.5 Å². The summed E-state index contributed by atoms with van der Waals surface area (Å²) in [7, 11) is 2.01. The average molecular weight is 705 g/mol. The molecular weight excluding hydrogens is 659 g/mol. The van der Waals surface area contributed by atoms with Gasteiger partial charge in [0.05, 0.1) is 11.6 Å². The van der Waals surface area contributed by atoms with Crippen LogP contribution >= 0.6 is 11.6 Å². The van der Waals surface area contributed by atoms with Gasteiger partial charge in [0.2, 0.25) is 5.88 Å². The minimum atomic E-state index is -1.05. The Morgan fingerprint density at radius 1 is 1.06 bits per heavy atom. The number of ether oxygens (including phenoxy) is 5. The van der Waals surface area contributed by atoms with Crippen LogP contribution in [0, 0.1) is 11.2 Å². The van der Waals surface area contributed by atoms with Crippen molar-refractivity contribution in [1.29, 1.82) is 0 Å². The van der Waals surface area contributed by atoms with Crippen LogP contribution in [0.15, 0.2) is 18.2 Å². The lowest BCUT2D eigenvalue weighted by molar-refractivity contribution is 0.000867. The van der Waals surface area contributed by atoms with Gasteiger partial charge in [-0.1, -0.05) is 31.5 Å². The maximum absolute atomic E-state index is 15.7. The number of benzene rings is 1. The van der Waals surface area contributed by atoms with Crippen molar-refractivity contribution >= 4 is 29.8 Å². The SMILES string of the molecule is CN1CCC(C)(C)C1COc1nc(-c2c(F)cccc2OC(=O)OC(C)(C)C)c(Cl)c2c1C(=O)N1CCN(C(=O)OC(C)(C)C)C[C@@H]1CO2. The number of amides is 2. The molecular formula is C35H46ClFN4O8. The molecule has 2 atom stereocenters. The van der Waals surface area contributed by atoms with E-state index in [2.05, 4.69) is 23.7 Å². The summed E-state index contributed by atoms with van der Waals surface area (Å²) in [6.07, 6.45) is -0.597. The van der Waals surface area contributed by atoms with E-state index < -0.39 is 41.2 Å². The molecule has 5 rings (SSSR count). The molecule has 1 unspecified atom stereocenters. The Bertz CT molecular complexity index is 1620. The fraction of sp³-hybridized carbons (Fsp3) is 0.600. The zero-order chi connectivity index (χ0) is 36.1. The van der Waals surface area contributed by atoms with E-state index in [-0.39, 0.29) is 83.5 Å². The van der Waals surface area contributed by atoms with Gasteiger partial charge in [0.15, 0.2) is 5.75 Å². The lowest BCUT2D eigenvalue weighted by Crippen LogP contribution is -2.58. The van der Waals surface area contributed by atoms with Crippen molar-refractivity contribution in [2.75, 3.05) is 46.4 Å². The number of rotatable bonds is 5. The van der Waals surface area contributed by atoms with E-state index in [0.29, 0.717) is 0 Å². The molecule has 2 aromatic rings. The van der Waals surface area contributed by atoms with Gasteiger partial charge in [-0.05, 0) is 79.1 Å². The third kappa shape index (κ3) is 7.98. The molecule has 0 N–H and O–H groups in total. The number of hydrogen-bond donors (Lipinski definition) is 0. The third-order valence-corrected chi connectivity index (χ3v) is 9.16. The van der Waals surface area contributed by atoms with E-state index in [4.69, 9.17) is 35.3 Å². The predicted molar refractivity (Wildman–Crippen MR) is 180 cm³/mol. The fourth-order valence-corrected chi connectivity index (χ4v) is 6.56. The highest BCUT2D eigenvalue weighted by Crippen LogP contribution is 2.46. The molecule has 3 aliphatic rings. The minimum Gasteiger partial charge on any atom is -0.489 e. The zero-order valence-corrected chi connectivity index (χ0v) is 30.4. The van der Waals surface area contributed by atoms with Crippen molar-refractivity contribution in [1.82, 2.24) is 19.7 Å². The van der Waals surface area contributed by atoms with Gasteiger partial charge >= 0.3 is 12.2 Å². The number of fused-ring (bicyclic) bond motifs is 2. The largest absolute Gasteiger partial charge is 0.514 e. The Labute approximate surface area is 291 Å². The van der Waals surface area contributed by atoms with Crippen molar-refractivity contribution in [3.63, 3.8) is 0 Å². The molecule has 0 radical (unpaired) electrons. The Morgan fingerprint density at radius 2 is 1.76 bits per heavy atom. The lowest BCUT2D eigenvalue weighted by atomic mass is 9.85. The van der Waals surface area contributed by atoms with Crippen molar-refractivity contribution in [2.45, 2.75) is 85.1 Å². The molecule has 1 aromatic heterocycles. The van der Waals surface area contributed by atoms with Crippen molar-refractivity contribution in [2.24, 2.45) is 5.41 Å². The summed E-state index contributed by atoms with van der Waals surface area (Å²) in [5, 5.41) is -0.169. The smallest absolute Gasteiger partial charge is 0.489 e. The summed E-state index contributed by atoms with van der Waals surface area (Å²) in [5.41, 5.74) is -2.04. The molecule has 14 heteroatoms. The highest BCUT2D eigenvalue weighted by molar-refractivity contribution is 6.35. The number of carbonyl (C=O) groups excluding carboxylic acids is 3. The van der Waals surface area contributed by atoms with E-state index in [0.717, 1.165) is 13.0 Å². The number of aromatic nitrogens is 1. The van der Waals surface area contributed by atoms with Crippen molar-refractivity contribution < 1.29 is 42.5 Å². The number of likely N-dealkylation sites (N-methyl/N-ethyl adjacent to an activating group) is 1. The van der Waals surface area contributed by atoms with Crippen LogP contribution in [-0.4, -0.2) is 108 Å². The third-order valence-electron chi connectivity index (χ3n) is 8.81. The first-order chi connectivity index (χ1) is 22.8. The Morgan fingerprint density at radius 3 is 2.39 bits per heavy atom. The minimum absolute atomic E-state index is 0.00799. The summed E-state index contributed by atoms with van der Waals surface area (Å²) >= 11 is 6.96. The van der Waals surface area contributed by atoms with Crippen LogP contribution in [0.2, 0.25) is 5.02 Å². The Kier molecular flexibility index (Phi) is 10.0. The highest BCUT2D eigenvalue weighted by atomic mass is 35.5. The normalized spacial score (nSPS) is 20.9. The summed E-state index contributed by atoms with van der Waals surface area (Å²) in [5.74, 6) is -1.58. The Balaban J connectivity index is 1.57. The molecule has 0 saturated carbocycles. The van der Waals surface area contributed by atoms with E-state index >= 15 is 4.39 Å². The van der Waals surface area contributed by atoms with Gasteiger partial charge in [-0.2, -0.15) is 0 Å². The Hall–Kier alpha value is -3.84. The number of hydrogen-bond acceptors (Lipinski definition) is 10. The monoisotopic (exact) mass is 704 g/mol. The summed E-state index contributed by atoms with van der Waals surface area (Å²) in [4.78, 5) is 49.9. The lowest BCUT2D eigenvalue weighted by Gasteiger charge is -2.40. The van der Waals surface area contributed by atoms with Gasteiger partial charge in [-0.3, -0.25) is 9.69 Å². The summed E-state index contributed by atoms with van der Waals surface area (Å²) in [6, 6.07) is 3.37. The van der Waals surface area contributed by atoms with Crippen LogP contribution in [0.1, 0.15) is 72.2 Å². The van der Waals surface area contributed by atoms with Crippen LogP contribution in [0.3, 0.4) is 0 Å². The first-order valence-electron chi connectivity index (χ1n) is 16.4. The topological polar surface area (TPSA) is 120 Å². The maximum atomic E-state index is 15.7. The van der Waals surface area contributed by atoms with E-state index in [1.54, 1.807) is 51.3 Å². The molecule has 268 valence electrons. The predicted octanol–water partition coefficient (Wildman–Crippen LogP) is 6.42. The molecule has 4 heterocycles. The van der Waals surface area contributed by atoms with Crippen molar-refractivity contribution in [3.8, 4) is 28.6 Å². The number of carbonyl (C=O) groups is 3. The summed E-state index contributed by atoms with van der Waals surface area (Å²) < 4.78 is 44.7. The average Bonchev–Trinajstić information content (AvgIpc) is 3.14. The van der Waals surface area contributed by atoms with Gasteiger partial charge in [0.1, 0.15) is 52.3 Å². The molecule has 49 heavy (non-hydrogen) atoms. The molecule has 2 saturated heterocycles. The second-order valence-corrected chi connectivity index (χ2v) is 15.8. The van der Waals surface area contributed by atoms with Crippen LogP contribution in [0.5, 0.6) is 17.4 Å². The first kappa shape index (κ1) is 36.4. The standard InChI is InChI=1S/C35H46ClFN4O8/c1-33(2,3)48-31(43)40-15-16-41-20(17-40)18-45-28-25(30(41)42)29(46-19-23-35(7,8)13-14-39(23)9)38-27(26(28)36)24-21(37)11-10-12-22(24)47-32(44)49-34(4,5)6/h10-12,20,23H,13-19H2,1-9H3/t20-,23?/m1/s1. The van der Waals surface area contributed by atoms with Gasteiger partial charge in [0.25, 0.3) is 5.91 Å². The summed E-state index contributed by atoms with van der Waals surface area (Å²) in [6.45, 7) is 16.3. The second-order valence-electron chi connectivity index (χ2n) is 15.4. The number of likely N-dealkylation sites (tertiary alicyclic amines) is 1. The zero-order valence-electron chi connectivity index (χ0n) is 29.6. The fourth-order valence-electron chi connectivity index (χ4n) is 6.27. The van der Waals surface area contributed by atoms with Gasteiger partial charge in [-0.25, -0.2) is 19.0 Å². The maximum Gasteiger partial charge on any atom is 0.514 e. The van der Waals surface area contributed by atoms with Crippen molar-refractivity contribution in [3.05, 3.63) is 34.6 Å². The molecule has 0 aliphatic carbocycles. The second kappa shape index (κ2) is 13.5. The van der Waals surface area contributed by atoms with Crippen LogP contribution in [0.25, 0.3) is 11.3 Å². The molecule has 12 nitrogen and oxygen atoms in total. The molecule has 1 aromatic carbocycles. The number of piperazine rings is 1. The number of pyridine rings is 1. The van der Waals surface area contributed by atoms with Gasteiger partial charge in [0, 0.05) is 25.7 Å². The highest BCUT2D eigenvalue weighted by Gasteiger charge is 2.43. The van der Waals surface area contributed by atoms with E-state index in [1.165, 1.54) is 18.2 Å². The molecule has 0 spiro atoms. The molecule has 0 bridgehead atoms. The van der Waals surface area contributed by atoms with Crippen LogP contribution in [-0.2, 0) is 9.47 Å². The quantitative estimate of drug-likeness (QED) is 0.255. The number of halogens is 2. The first-order valence-corrected chi connectivity index (χ1v) is 16.8. The molecule has 2 amide bonds. The van der Waals surface area contributed by atoms with Crippen LogP contribution < -0.4 is 14.2 Å².